The first kappa shape index (κ1) is 30.8. The topological polar surface area (TPSA) is 3.24 Å². The zero-order valence-electron chi connectivity index (χ0n) is 29.4. The van der Waals surface area contributed by atoms with E-state index in [0.717, 1.165) is 11.4 Å². The number of hydrogen-bond donors (Lipinski definition) is 0. The Morgan fingerprint density at radius 3 is 1.63 bits per heavy atom. The van der Waals surface area contributed by atoms with Gasteiger partial charge in [-0.2, -0.15) is 0 Å². The lowest BCUT2D eigenvalue weighted by Gasteiger charge is -2.26. The molecule has 0 bridgehead atoms. The van der Waals surface area contributed by atoms with Gasteiger partial charge in [-0.1, -0.05) is 152 Å². The van der Waals surface area contributed by atoms with Crippen molar-refractivity contribution in [3.05, 3.63) is 200 Å². The van der Waals surface area contributed by atoms with Crippen LogP contribution in [0.4, 0.5) is 17.1 Å². The second-order valence-electron chi connectivity index (χ2n) is 14.1. The predicted octanol–water partition coefficient (Wildman–Crippen LogP) is 15.5. The Balaban J connectivity index is 1.04. The van der Waals surface area contributed by atoms with Gasteiger partial charge in [0.1, 0.15) is 0 Å². The Morgan fingerprint density at radius 2 is 0.870 bits per heavy atom. The quantitative estimate of drug-likeness (QED) is 0.161. The van der Waals surface area contributed by atoms with Gasteiger partial charge in [0.25, 0.3) is 0 Å². The molecule has 0 radical (unpaired) electrons. The molecule has 2 heteroatoms. The highest BCUT2D eigenvalue weighted by Gasteiger charge is 2.19. The largest absolute Gasteiger partial charge is 0.309 e. The summed E-state index contributed by atoms with van der Waals surface area (Å²) in [5.41, 5.74) is 8.27. The number of anilines is 3. The standard InChI is InChI=1S/C52H33NS/c1-2-9-34(10-3-1)35-21-26-43(27-22-35)53(49-16-8-15-47-48-32-39-12-4-5-13-40(39)33-50(48)54-52(47)49)44-28-23-36(24-29-44)41-25-30-46-42(31-41)20-19-38-18-17-37-11-6-7-14-45(37)51(38)46/h1-33H. The molecule has 0 atom stereocenters. The van der Waals surface area contributed by atoms with Crippen LogP contribution in [-0.4, -0.2) is 0 Å². The van der Waals surface area contributed by atoms with Crippen molar-refractivity contribution < 1.29 is 0 Å². The number of hydrogen-bond acceptors (Lipinski definition) is 2. The normalized spacial score (nSPS) is 11.7. The van der Waals surface area contributed by atoms with Crippen molar-refractivity contribution in [3.63, 3.8) is 0 Å². The summed E-state index contributed by atoms with van der Waals surface area (Å²) in [6.07, 6.45) is 0. The predicted molar refractivity (Wildman–Crippen MR) is 235 cm³/mol. The smallest absolute Gasteiger partial charge is 0.0640 e. The third kappa shape index (κ3) is 5.07. The summed E-state index contributed by atoms with van der Waals surface area (Å²) in [6.45, 7) is 0. The Bertz CT molecular complexity index is 3190. The third-order valence-corrected chi connectivity index (χ3v) is 12.2. The lowest BCUT2D eigenvalue weighted by atomic mass is 9.94. The maximum atomic E-state index is 2.42. The van der Waals surface area contributed by atoms with Crippen molar-refractivity contribution in [3.8, 4) is 22.3 Å². The fourth-order valence-corrected chi connectivity index (χ4v) is 9.56. The van der Waals surface area contributed by atoms with E-state index in [1.165, 1.54) is 91.2 Å². The molecular weight excluding hydrogens is 671 g/mol. The summed E-state index contributed by atoms with van der Waals surface area (Å²) >= 11 is 1.88. The molecule has 0 spiro atoms. The third-order valence-electron chi connectivity index (χ3n) is 11.0. The summed E-state index contributed by atoms with van der Waals surface area (Å²) in [6, 6.07) is 73.5. The van der Waals surface area contributed by atoms with Gasteiger partial charge in [-0.15, -0.1) is 11.3 Å². The van der Waals surface area contributed by atoms with Crippen LogP contribution in [0, 0.1) is 0 Å². The summed E-state index contributed by atoms with van der Waals surface area (Å²) in [5.74, 6) is 0. The number of nitrogens with zero attached hydrogens (tertiary/aromatic N) is 1. The van der Waals surface area contributed by atoms with Gasteiger partial charge in [-0.3, -0.25) is 0 Å². The molecule has 11 rings (SSSR count). The maximum Gasteiger partial charge on any atom is 0.0640 e. The van der Waals surface area contributed by atoms with E-state index in [2.05, 4.69) is 205 Å². The first-order valence-corrected chi connectivity index (χ1v) is 19.3. The van der Waals surface area contributed by atoms with Gasteiger partial charge in [0.05, 0.1) is 10.4 Å². The molecule has 54 heavy (non-hydrogen) atoms. The van der Waals surface area contributed by atoms with E-state index < -0.39 is 0 Å². The van der Waals surface area contributed by atoms with Crippen LogP contribution >= 0.6 is 11.3 Å². The van der Waals surface area contributed by atoms with Gasteiger partial charge in [0.15, 0.2) is 0 Å². The van der Waals surface area contributed by atoms with Gasteiger partial charge in [0.2, 0.25) is 0 Å². The zero-order chi connectivity index (χ0) is 35.6. The molecule has 0 aliphatic rings. The van der Waals surface area contributed by atoms with Crippen molar-refractivity contribution in [2.24, 2.45) is 0 Å². The van der Waals surface area contributed by atoms with Crippen LogP contribution in [0.25, 0.3) is 85.5 Å². The lowest BCUT2D eigenvalue weighted by Crippen LogP contribution is -2.10. The van der Waals surface area contributed by atoms with E-state index in [-0.39, 0.29) is 0 Å². The van der Waals surface area contributed by atoms with Crippen molar-refractivity contribution in [2.75, 3.05) is 4.90 Å². The van der Waals surface area contributed by atoms with Crippen molar-refractivity contribution in [1.82, 2.24) is 0 Å². The van der Waals surface area contributed by atoms with Crippen LogP contribution in [0.3, 0.4) is 0 Å². The van der Waals surface area contributed by atoms with Gasteiger partial charge >= 0.3 is 0 Å². The van der Waals surface area contributed by atoms with Crippen LogP contribution in [0.1, 0.15) is 0 Å². The fraction of sp³-hybridized carbons (Fsp3) is 0. The molecule has 0 aliphatic heterocycles. The molecule has 0 aliphatic carbocycles. The first-order chi connectivity index (χ1) is 26.7. The molecule has 0 saturated carbocycles. The van der Waals surface area contributed by atoms with Gasteiger partial charge in [-0.25, -0.2) is 0 Å². The minimum absolute atomic E-state index is 1.12. The van der Waals surface area contributed by atoms with E-state index in [9.17, 15) is 0 Å². The Labute approximate surface area is 317 Å². The van der Waals surface area contributed by atoms with Crippen LogP contribution in [0.15, 0.2) is 200 Å². The molecule has 10 aromatic carbocycles. The summed E-state index contributed by atoms with van der Waals surface area (Å²) in [5, 5.41) is 12.9. The first-order valence-electron chi connectivity index (χ1n) is 18.5. The minimum atomic E-state index is 1.12. The highest BCUT2D eigenvalue weighted by molar-refractivity contribution is 7.26. The zero-order valence-corrected chi connectivity index (χ0v) is 30.2. The van der Waals surface area contributed by atoms with E-state index in [1.54, 1.807) is 0 Å². The van der Waals surface area contributed by atoms with Crippen LogP contribution in [0.5, 0.6) is 0 Å². The molecule has 0 unspecified atom stereocenters. The highest BCUT2D eigenvalue weighted by Crippen LogP contribution is 2.46. The van der Waals surface area contributed by atoms with Crippen LogP contribution < -0.4 is 4.90 Å². The minimum Gasteiger partial charge on any atom is -0.309 e. The average molecular weight is 704 g/mol. The van der Waals surface area contributed by atoms with Crippen molar-refractivity contribution in [2.45, 2.75) is 0 Å². The van der Waals surface area contributed by atoms with Gasteiger partial charge in [0, 0.05) is 26.8 Å². The molecule has 1 heterocycles. The summed E-state index contributed by atoms with van der Waals surface area (Å²) in [7, 11) is 0. The van der Waals surface area contributed by atoms with Gasteiger partial charge < -0.3 is 4.90 Å². The molecule has 0 amide bonds. The Kier molecular flexibility index (Phi) is 7.11. The molecule has 0 fully saturated rings. The Morgan fingerprint density at radius 1 is 0.315 bits per heavy atom. The number of benzene rings is 10. The SMILES string of the molecule is c1ccc(-c2ccc(N(c3ccc(-c4ccc5c(ccc6ccc7ccccc7c65)c4)cc3)c3cccc4c3sc3cc5ccccc5cc34)cc2)cc1. The second kappa shape index (κ2) is 12.4. The molecule has 0 saturated heterocycles. The van der Waals surface area contributed by atoms with E-state index in [4.69, 9.17) is 0 Å². The monoisotopic (exact) mass is 703 g/mol. The number of thiophene rings is 1. The van der Waals surface area contributed by atoms with E-state index >= 15 is 0 Å². The average Bonchev–Trinajstić information content (AvgIpc) is 3.61. The molecule has 1 aromatic heterocycles. The van der Waals surface area contributed by atoms with Crippen LogP contribution in [-0.2, 0) is 0 Å². The second-order valence-corrected chi connectivity index (χ2v) is 15.2. The highest BCUT2D eigenvalue weighted by atomic mass is 32.1. The van der Waals surface area contributed by atoms with Crippen LogP contribution in [0.2, 0.25) is 0 Å². The van der Waals surface area contributed by atoms with Crippen molar-refractivity contribution in [1.29, 1.82) is 0 Å². The molecular formula is C52H33NS. The summed E-state index contributed by atoms with van der Waals surface area (Å²) in [4.78, 5) is 2.42. The fourth-order valence-electron chi connectivity index (χ4n) is 8.32. The molecule has 0 N–H and O–H groups in total. The molecule has 11 aromatic rings. The lowest BCUT2D eigenvalue weighted by molar-refractivity contribution is 1.30. The Hall–Kier alpha value is -6.74. The van der Waals surface area contributed by atoms with Crippen molar-refractivity contribution >= 4 is 91.7 Å². The van der Waals surface area contributed by atoms with Gasteiger partial charge in [-0.05, 0) is 114 Å². The number of fused-ring (bicyclic) bond motifs is 9. The summed E-state index contributed by atoms with van der Waals surface area (Å²) < 4.78 is 2.59. The number of rotatable bonds is 5. The van der Waals surface area contributed by atoms with E-state index in [1.807, 2.05) is 11.3 Å². The molecule has 1 nitrogen and oxygen atoms in total. The molecule has 252 valence electrons. The maximum absolute atomic E-state index is 2.42. The van der Waals surface area contributed by atoms with E-state index in [0.29, 0.717) is 0 Å².